The molecule has 0 heterocycles. The third-order valence-electron chi connectivity index (χ3n) is 3.33. The largest absolute Gasteiger partial charge is 0.123 e. The van der Waals surface area contributed by atoms with Gasteiger partial charge in [0.1, 0.15) is 0 Å². The molecular weight excluding hydrogens is 204 g/mol. The fourth-order valence-corrected chi connectivity index (χ4v) is 2.86. The van der Waals surface area contributed by atoms with Crippen LogP contribution in [-0.4, -0.2) is 5.38 Å². The Bertz CT molecular complexity index is 319. The van der Waals surface area contributed by atoms with Crippen LogP contribution in [-0.2, 0) is 6.42 Å². The molecule has 1 heteroatoms. The summed E-state index contributed by atoms with van der Waals surface area (Å²) in [6.45, 7) is 2.23. The maximum Gasteiger partial charge on any atom is 0.0342 e. The number of hydrogen-bond donors (Lipinski definition) is 0. The third-order valence-corrected chi connectivity index (χ3v) is 3.73. The van der Waals surface area contributed by atoms with Crippen molar-refractivity contribution in [1.29, 1.82) is 0 Å². The molecule has 0 spiro atoms. The second-order valence-electron chi connectivity index (χ2n) is 4.60. The van der Waals surface area contributed by atoms with Crippen LogP contribution in [0.5, 0.6) is 0 Å². The van der Waals surface area contributed by atoms with E-state index in [9.17, 15) is 0 Å². The first-order valence-corrected chi connectivity index (χ1v) is 6.46. The normalized spacial score (nSPS) is 25.7. The van der Waals surface area contributed by atoms with Crippen LogP contribution in [0, 0.1) is 0 Å². The van der Waals surface area contributed by atoms with Crippen molar-refractivity contribution in [2.75, 3.05) is 0 Å². The maximum atomic E-state index is 6.16. The highest BCUT2D eigenvalue weighted by Gasteiger charge is 2.23. The standard InChI is InChI=1S/C14H19Cl/c1-2-4-11-5-3-6-12(9-11)13-7-8-14(15)10-13/h3,5-6,9,13-14H,2,4,7-8,10H2,1H3. The number of halogens is 1. The average molecular weight is 223 g/mol. The SMILES string of the molecule is CCCc1cccc(C2CCC(Cl)C2)c1. The highest BCUT2D eigenvalue weighted by molar-refractivity contribution is 6.20. The molecule has 0 nitrogen and oxygen atoms in total. The van der Waals surface area contributed by atoms with Crippen LogP contribution in [0.1, 0.15) is 49.7 Å². The van der Waals surface area contributed by atoms with E-state index in [0.717, 1.165) is 6.42 Å². The van der Waals surface area contributed by atoms with Gasteiger partial charge in [0.15, 0.2) is 0 Å². The van der Waals surface area contributed by atoms with Crippen LogP contribution in [0.4, 0.5) is 0 Å². The Morgan fingerprint density at radius 1 is 1.33 bits per heavy atom. The van der Waals surface area contributed by atoms with Crippen LogP contribution < -0.4 is 0 Å². The van der Waals surface area contributed by atoms with Gasteiger partial charge in [-0.1, -0.05) is 37.6 Å². The maximum absolute atomic E-state index is 6.16. The van der Waals surface area contributed by atoms with E-state index < -0.39 is 0 Å². The van der Waals surface area contributed by atoms with Crippen LogP contribution >= 0.6 is 11.6 Å². The van der Waals surface area contributed by atoms with E-state index >= 15 is 0 Å². The van der Waals surface area contributed by atoms with E-state index in [4.69, 9.17) is 11.6 Å². The third kappa shape index (κ3) is 2.75. The molecule has 0 bridgehead atoms. The summed E-state index contributed by atoms with van der Waals surface area (Å²) in [7, 11) is 0. The highest BCUT2D eigenvalue weighted by atomic mass is 35.5. The van der Waals surface area contributed by atoms with Crippen molar-refractivity contribution in [1.82, 2.24) is 0 Å². The summed E-state index contributed by atoms with van der Waals surface area (Å²) in [5.74, 6) is 0.712. The molecular formula is C14H19Cl. The van der Waals surface area contributed by atoms with E-state index in [1.165, 1.54) is 36.8 Å². The van der Waals surface area contributed by atoms with Crippen LogP contribution in [0.25, 0.3) is 0 Å². The lowest BCUT2D eigenvalue weighted by Gasteiger charge is -2.11. The van der Waals surface area contributed by atoms with Crippen LogP contribution in [0.3, 0.4) is 0 Å². The lowest BCUT2D eigenvalue weighted by molar-refractivity contribution is 0.722. The first-order chi connectivity index (χ1) is 7.29. The van der Waals surface area contributed by atoms with Gasteiger partial charge in [-0.2, -0.15) is 0 Å². The molecule has 1 aliphatic carbocycles. The minimum atomic E-state index is 0.407. The van der Waals surface area contributed by atoms with Gasteiger partial charge in [-0.3, -0.25) is 0 Å². The minimum absolute atomic E-state index is 0.407. The van der Waals surface area contributed by atoms with Crippen molar-refractivity contribution in [2.45, 2.75) is 50.3 Å². The van der Waals surface area contributed by atoms with Gasteiger partial charge >= 0.3 is 0 Å². The fourth-order valence-electron chi connectivity index (χ4n) is 2.52. The quantitative estimate of drug-likeness (QED) is 0.660. The molecule has 0 aliphatic heterocycles. The summed E-state index contributed by atoms with van der Waals surface area (Å²) in [4.78, 5) is 0. The van der Waals surface area contributed by atoms with Gasteiger partial charge < -0.3 is 0 Å². The summed E-state index contributed by atoms with van der Waals surface area (Å²) < 4.78 is 0. The lowest BCUT2D eigenvalue weighted by Crippen LogP contribution is -1.95. The van der Waals surface area contributed by atoms with Gasteiger partial charge in [0, 0.05) is 5.38 Å². The van der Waals surface area contributed by atoms with Crippen molar-refractivity contribution in [2.24, 2.45) is 0 Å². The molecule has 0 amide bonds. The lowest BCUT2D eigenvalue weighted by atomic mass is 9.95. The number of hydrogen-bond acceptors (Lipinski definition) is 0. The highest BCUT2D eigenvalue weighted by Crippen LogP contribution is 2.37. The van der Waals surface area contributed by atoms with Crippen LogP contribution in [0.15, 0.2) is 24.3 Å². The molecule has 0 radical (unpaired) electrons. The fraction of sp³-hybridized carbons (Fsp3) is 0.571. The number of rotatable bonds is 3. The molecule has 0 aromatic heterocycles. The van der Waals surface area contributed by atoms with Crippen molar-refractivity contribution >= 4 is 11.6 Å². The van der Waals surface area contributed by atoms with Crippen molar-refractivity contribution in [3.05, 3.63) is 35.4 Å². The average Bonchev–Trinajstić information content (AvgIpc) is 2.66. The van der Waals surface area contributed by atoms with Gasteiger partial charge in [-0.05, 0) is 42.7 Å². The smallest absolute Gasteiger partial charge is 0.0342 e. The van der Waals surface area contributed by atoms with Gasteiger partial charge in [-0.25, -0.2) is 0 Å². The Morgan fingerprint density at radius 3 is 2.87 bits per heavy atom. The van der Waals surface area contributed by atoms with Crippen LogP contribution in [0.2, 0.25) is 0 Å². The minimum Gasteiger partial charge on any atom is -0.123 e. The van der Waals surface area contributed by atoms with E-state index in [-0.39, 0.29) is 0 Å². The van der Waals surface area contributed by atoms with Crippen molar-refractivity contribution in [3.8, 4) is 0 Å². The molecule has 0 N–H and O–H groups in total. The topological polar surface area (TPSA) is 0 Å². The second-order valence-corrected chi connectivity index (χ2v) is 5.22. The zero-order chi connectivity index (χ0) is 10.7. The molecule has 1 aromatic rings. The van der Waals surface area contributed by atoms with Gasteiger partial charge in [0.05, 0.1) is 0 Å². The van der Waals surface area contributed by atoms with E-state index in [1.807, 2.05) is 0 Å². The summed E-state index contributed by atoms with van der Waals surface area (Å²) in [5, 5.41) is 0.407. The summed E-state index contributed by atoms with van der Waals surface area (Å²) in [6.07, 6.45) is 6.04. The van der Waals surface area contributed by atoms with Crippen molar-refractivity contribution < 1.29 is 0 Å². The summed E-state index contributed by atoms with van der Waals surface area (Å²) in [6, 6.07) is 9.07. The zero-order valence-corrected chi connectivity index (χ0v) is 10.1. The molecule has 1 fully saturated rings. The van der Waals surface area contributed by atoms with Crippen molar-refractivity contribution in [3.63, 3.8) is 0 Å². The van der Waals surface area contributed by atoms with E-state index in [2.05, 4.69) is 31.2 Å². The molecule has 0 saturated heterocycles. The molecule has 82 valence electrons. The molecule has 2 atom stereocenters. The molecule has 2 unspecified atom stereocenters. The van der Waals surface area contributed by atoms with Gasteiger partial charge in [0.25, 0.3) is 0 Å². The molecule has 15 heavy (non-hydrogen) atoms. The molecule has 2 rings (SSSR count). The number of aryl methyl sites for hydroxylation is 1. The second kappa shape index (κ2) is 5.03. The number of benzene rings is 1. The Hall–Kier alpha value is -0.490. The molecule has 1 aromatic carbocycles. The Morgan fingerprint density at radius 2 is 2.20 bits per heavy atom. The predicted molar refractivity (Wildman–Crippen MR) is 66.7 cm³/mol. The van der Waals surface area contributed by atoms with Gasteiger partial charge in [-0.15, -0.1) is 11.6 Å². The first kappa shape index (κ1) is 11.0. The summed E-state index contributed by atoms with van der Waals surface area (Å²) in [5.41, 5.74) is 2.98. The zero-order valence-electron chi connectivity index (χ0n) is 9.38. The predicted octanol–water partition coefficient (Wildman–Crippen LogP) is 4.51. The molecule has 1 aliphatic rings. The number of alkyl halides is 1. The Labute approximate surface area is 97.6 Å². The summed E-state index contributed by atoms with van der Waals surface area (Å²) >= 11 is 6.16. The molecule has 1 saturated carbocycles. The Kier molecular flexibility index (Phi) is 3.69. The Balaban J connectivity index is 2.10. The van der Waals surface area contributed by atoms with Gasteiger partial charge in [0.2, 0.25) is 0 Å². The first-order valence-electron chi connectivity index (χ1n) is 6.02. The van der Waals surface area contributed by atoms with E-state index in [1.54, 1.807) is 0 Å². The van der Waals surface area contributed by atoms with E-state index in [0.29, 0.717) is 11.3 Å². The monoisotopic (exact) mass is 222 g/mol.